The number of rotatable bonds is 14. The van der Waals surface area contributed by atoms with Gasteiger partial charge in [0.2, 0.25) is 17.7 Å². The van der Waals surface area contributed by atoms with Gasteiger partial charge in [0.1, 0.15) is 18.2 Å². The smallest absolute Gasteiger partial charge is 0.248 e. The molecule has 232 valence electrons. The van der Waals surface area contributed by atoms with E-state index in [1.54, 1.807) is 43.3 Å². The van der Waals surface area contributed by atoms with Crippen LogP contribution >= 0.6 is 11.8 Å². The van der Waals surface area contributed by atoms with Crippen LogP contribution in [0, 0.1) is 17.8 Å². The summed E-state index contributed by atoms with van der Waals surface area (Å²) in [4.78, 5) is 48.6. The van der Waals surface area contributed by atoms with Gasteiger partial charge in [-0.3, -0.25) is 14.4 Å². The minimum atomic E-state index is -0.817. The van der Waals surface area contributed by atoms with Gasteiger partial charge in [-0.15, -0.1) is 30.0 Å². The summed E-state index contributed by atoms with van der Waals surface area (Å²) in [6.45, 7) is 15.0. The Bertz CT molecular complexity index is 1380. The van der Waals surface area contributed by atoms with Crippen LogP contribution in [0.5, 0.6) is 0 Å². The van der Waals surface area contributed by atoms with E-state index < -0.39 is 28.7 Å². The third kappa shape index (κ3) is 5.39. The molecule has 5 rings (SSSR count). The average Bonchev–Trinajstić information content (AvgIpc) is 3.74. The van der Waals surface area contributed by atoms with Crippen LogP contribution in [-0.2, 0) is 21.1 Å². The molecule has 1 aromatic heterocycles. The number of para-hydroxylation sites is 1. The molecule has 0 saturated carbocycles. The number of carbonyl (C=O) groups excluding carboxylic acids is 3. The lowest BCUT2D eigenvalue weighted by molar-refractivity contribution is -0.148. The van der Waals surface area contributed by atoms with E-state index in [-0.39, 0.29) is 48.7 Å². The first-order chi connectivity index (χ1) is 20.7. The molecule has 11 heteroatoms. The van der Waals surface area contributed by atoms with Crippen LogP contribution in [0.2, 0.25) is 0 Å². The fraction of sp³-hybridized carbons (Fsp3) is 0.594. The zero-order chi connectivity index (χ0) is 30.9. The molecule has 4 heterocycles. The molecule has 3 fully saturated rings. The number of thioether (sulfide) groups is 1. The summed E-state index contributed by atoms with van der Waals surface area (Å²) in [5, 5.41) is 19.1. The first-order valence-electron chi connectivity index (χ1n) is 15.4. The van der Waals surface area contributed by atoms with Crippen LogP contribution in [0.25, 0.3) is 11.0 Å². The number of amides is 3. The van der Waals surface area contributed by atoms with Crippen LogP contribution in [0.3, 0.4) is 0 Å². The topological polar surface area (TPSA) is 112 Å². The SMILES string of the molecule is C=CCN(Cn1nnc2ccccc21)C(=O)C1N([C@@H](CO)CC(C)C)C(=O)[C@@H]2[C@@H](C(=O)N(CC=C)CCC)[C@H]3CCC12S3. The van der Waals surface area contributed by atoms with E-state index >= 15 is 0 Å². The second-order valence-electron chi connectivity index (χ2n) is 12.4. The van der Waals surface area contributed by atoms with Crippen LogP contribution < -0.4 is 0 Å². The highest BCUT2D eigenvalue weighted by molar-refractivity contribution is 8.02. The fourth-order valence-electron chi connectivity index (χ4n) is 7.52. The Balaban J connectivity index is 1.56. The van der Waals surface area contributed by atoms with Gasteiger partial charge >= 0.3 is 0 Å². The molecule has 0 radical (unpaired) electrons. The van der Waals surface area contributed by atoms with E-state index in [1.165, 1.54) is 0 Å². The van der Waals surface area contributed by atoms with E-state index in [4.69, 9.17) is 0 Å². The maximum atomic E-state index is 14.8. The van der Waals surface area contributed by atoms with Crippen molar-refractivity contribution in [3.05, 3.63) is 49.6 Å². The average molecular weight is 609 g/mol. The first kappa shape index (κ1) is 31.3. The van der Waals surface area contributed by atoms with Crippen molar-refractivity contribution in [3.8, 4) is 0 Å². The van der Waals surface area contributed by atoms with Crippen molar-refractivity contribution in [2.75, 3.05) is 26.2 Å². The number of hydrogen-bond donors (Lipinski definition) is 1. The van der Waals surface area contributed by atoms with Gasteiger partial charge in [-0.1, -0.05) is 50.3 Å². The lowest BCUT2D eigenvalue weighted by Gasteiger charge is -2.40. The molecule has 3 saturated heterocycles. The van der Waals surface area contributed by atoms with E-state index in [1.807, 2.05) is 45.0 Å². The van der Waals surface area contributed by atoms with E-state index in [9.17, 15) is 19.5 Å². The van der Waals surface area contributed by atoms with Crippen molar-refractivity contribution in [2.45, 2.75) is 75.2 Å². The van der Waals surface area contributed by atoms with Gasteiger partial charge in [0.25, 0.3) is 0 Å². The Labute approximate surface area is 258 Å². The summed E-state index contributed by atoms with van der Waals surface area (Å²) in [6, 6.07) is 6.22. The molecular formula is C32H44N6O4S. The Morgan fingerprint density at radius 3 is 2.58 bits per heavy atom. The Morgan fingerprint density at radius 1 is 1.19 bits per heavy atom. The quantitative estimate of drug-likeness (QED) is 0.328. The molecule has 2 aromatic rings. The lowest BCUT2D eigenvalue weighted by Crippen LogP contribution is -2.57. The maximum Gasteiger partial charge on any atom is 0.248 e. The monoisotopic (exact) mass is 608 g/mol. The van der Waals surface area contributed by atoms with E-state index in [0.717, 1.165) is 23.9 Å². The fourth-order valence-corrected chi connectivity index (χ4v) is 9.72. The number of nitrogens with zero attached hydrogens (tertiary/aromatic N) is 6. The van der Waals surface area contributed by atoms with E-state index in [2.05, 4.69) is 23.5 Å². The van der Waals surface area contributed by atoms with Crippen molar-refractivity contribution in [3.63, 3.8) is 0 Å². The van der Waals surface area contributed by atoms with Crippen molar-refractivity contribution < 1.29 is 19.5 Å². The molecule has 0 aliphatic carbocycles. The Morgan fingerprint density at radius 2 is 1.91 bits per heavy atom. The van der Waals surface area contributed by atoms with Crippen molar-refractivity contribution in [2.24, 2.45) is 17.8 Å². The highest BCUT2D eigenvalue weighted by Gasteiger charge is 2.74. The van der Waals surface area contributed by atoms with Crippen LogP contribution in [0.4, 0.5) is 0 Å². The highest BCUT2D eigenvalue weighted by Crippen LogP contribution is 2.67. The van der Waals surface area contributed by atoms with Crippen molar-refractivity contribution in [1.29, 1.82) is 0 Å². The minimum absolute atomic E-state index is 0.0336. The Hall–Kier alpha value is -3.18. The van der Waals surface area contributed by atoms with Gasteiger partial charge in [0.15, 0.2) is 0 Å². The second kappa shape index (κ2) is 12.8. The van der Waals surface area contributed by atoms with Gasteiger partial charge in [-0.2, -0.15) is 0 Å². The summed E-state index contributed by atoms with van der Waals surface area (Å²) in [5.41, 5.74) is 1.53. The number of benzene rings is 1. The summed E-state index contributed by atoms with van der Waals surface area (Å²) in [6.07, 6.45) is 6.18. The number of carbonyl (C=O) groups is 3. The second-order valence-corrected chi connectivity index (χ2v) is 14.0. The number of fused-ring (bicyclic) bond motifs is 2. The van der Waals surface area contributed by atoms with Crippen LogP contribution in [-0.4, -0.2) is 101 Å². The molecule has 1 spiro atoms. The van der Waals surface area contributed by atoms with Gasteiger partial charge in [-0.25, -0.2) is 4.68 Å². The summed E-state index contributed by atoms with van der Waals surface area (Å²) in [7, 11) is 0. The summed E-state index contributed by atoms with van der Waals surface area (Å²) >= 11 is 1.65. The van der Waals surface area contributed by atoms with Gasteiger partial charge in [-0.05, 0) is 43.7 Å². The number of aromatic nitrogens is 3. The van der Waals surface area contributed by atoms with Crippen molar-refractivity contribution in [1.82, 2.24) is 29.7 Å². The molecule has 6 atom stereocenters. The highest BCUT2D eigenvalue weighted by atomic mass is 32.2. The standard InChI is InChI=1S/C32H44N6O4S/c1-6-15-35(16-7-2)29(40)26-25-13-14-32(43-25)27(26)30(41)38(22(19-39)18-21(4)5)28(32)31(42)36(17-8-3)20-37-24-12-10-9-11-23(24)33-34-37/h6,8-12,21-22,25-28,39H,1,3,7,13-20H2,2,4-5H3/t22-,25-,26+,27+,28?,32?/m1/s1. The largest absolute Gasteiger partial charge is 0.394 e. The van der Waals surface area contributed by atoms with E-state index in [0.29, 0.717) is 25.9 Å². The molecule has 2 unspecified atom stereocenters. The number of likely N-dealkylation sites (tertiary alicyclic amines) is 1. The maximum absolute atomic E-state index is 14.8. The predicted molar refractivity (Wildman–Crippen MR) is 168 cm³/mol. The number of aliphatic hydroxyl groups is 1. The zero-order valence-corrected chi connectivity index (χ0v) is 26.3. The molecular weight excluding hydrogens is 564 g/mol. The first-order valence-corrected chi connectivity index (χ1v) is 16.3. The Kier molecular flexibility index (Phi) is 9.31. The zero-order valence-electron chi connectivity index (χ0n) is 25.5. The molecule has 3 aliphatic heterocycles. The molecule has 2 bridgehead atoms. The minimum Gasteiger partial charge on any atom is -0.394 e. The van der Waals surface area contributed by atoms with Crippen molar-refractivity contribution >= 4 is 40.5 Å². The normalized spacial score (nSPS) is 26.6. The third-order valence-electron chi connectivity index (χ3n) is 9.15. The number of aliphatic hydroxyl groups excluding tert-OH is 1. The van der Waals surface area contributed by atoms with Crippen LogP contribution in [0.15, 0.2) is 49.6 Å². The van der Waals surface area contributed by atoms with Gasteiger partial charge in [0.05, 0.1) is 34.7 Å². The van der Waals surface area contributed by atoms with Gasteiger partial charge in [0, 0.05) is 24.9 Å². The van der Waals surface area contributed by atoms with Gasteiger partial charge < -0.3 is 19.8 Å². The summed E-state index contributed by atoms with van der Waals surface area (Å²) in [5.74, 6) is -1.38. The summed E-state index contributed by atoms with van der Waals surface area (Å²) < 4.78 is 0.938. The van der Waals surface area contributed by atoms with Crippen LogP contribution in [0.1, 0.15) is 46.5 Å². The number of hydrogen-bond acceptors (Lipinski definition) is 7. The molecule has 3 aliphatic rings. The molecule has 3 amide bonds. The molecule has 10 nitrogen and oxygen atoms in total. The lowest BCUT2D eigenvalue weighted by atomic mass is 9.70. The predicted octanol–water partition coefficient (Wildman–Crippen LogP) is 3.33. The molecule has 1 aromatic carbocycles. The third-order valence-corrected chi connectivity index (χ3v) is 11.1. The molecule has 43 heavy (non-hydrogen) atoms. The molecule has 1 N–H and O–H groups in total.